The minimum atomic E-state index is 0.171. The molecule has 5 heteroatoms. The van der Waals surface area contributed by atoms with Crippen molar-refractivity contribution in [3.05, 3.63) is 145 Å². The lowest BCUT2D eigenvalue weighted by atomic mass is 9.86. The first kappa shape index (κ1) is 28.6. The number of aryl methyl sites for hydroxylation is 2. The van der Waals surface area contributed by atoms with E-state index in [0.29, 0.717) is 11.3 Å². The fourth-order valence-corrected chi connectivity index (χ4v) is 5.07. The Morgan fingerprint density at radius 2 is 1.10 bits per heavy atom. The highest BCUT2D eigenvalue weighted by molar-refractivity contribution is 9.10. The number of halogens is 2. The van der Waals surface area contributed by atoms with Crippen molar-refractivity contribution in [2.24, 2.45) is 0 Å². The third-order valence-electron chi connectivity index (χ3n) is 6.60. The molecule has 0 aromatic heterocycles. The van der Waals surface area contributed by atoms with Gasteiger partial charge in [-0.25, -0.2) is 0 Å². The zero-order valence-corrected chi connectivity index (χ0v) is 24.6. The van der Waals surface area contributed by atoms with E-state index < -0.39 is 0 Å². The fraction of sp³-hybridized carbons (Fsp3) is 0.147. The summed E-state index contributed by atoms with van der Waals surface area (Å²) in [6.07, 6.45) is 7.43. The maximum absolute atomic E-state index is 12.4. The Balaban J connectivity index is 0.000000149. The number of benzene rings is 4. The molecular weight excluding hydrogens is 616 g/mol. The van der Waals surface area contributed by atoms with E-state index in [1.165, 1.54) is 11.1 Å². The number of fused-ring (bicyclic) bond motifs is 2. The van der Waals surface area contributed by atoms with Crippen LogP contribution >= 0.6 is 31.9 Å². The van der Waals surface area contributed by atoms with Gasteiger partial charge in [0.05, 0.1) is 0 Å². The topological polar surface area (TPSA) is 51.2 Å². The summed E-state index contributed by atoms with van der Waals surface area (Å²) in [5.41, 5.74) is 6.88. The van der Waals surface area contributed by atoms with E-state index in [1.807, 2.05) is 91.0 Å². The number of ketones is 2. The van der Waals surface area contributed by atoms with Gasteiger partial charge >= 0.3 is 0 Å². The Labute approximate surface area is 246 Å². The Morgan fingerprint density at radius 1 is 0.564 bits per heavy atom. The summed E-state index contributed by atoms with van der Waals surface area (Å²) in [6, 6.07) is 31.0. The maximum atomic E-state index is 12.4. The third-order valence-corrected chi connectivity index (χ3v) is 7.66. The van der Waals surface area contributed by atoms with Crippen LogP contribution < -0.4 is 0 Å². The predicted molar refractivity (Wildman–Crippen MR) is 164 cm³/mol. The monoisotopic (exact) mass is 642 g/mol. The third kappa shape index (κ3) is 8.04. The summed E-state index contributed by atoms with van der Waals surface area (Å²) in [5.74, 6) is 0.483. The number of carbonyl (C=O) groups is 3. The van der Waals surface area contributed by atoms with Gasteiger partial charge in [0.1, 0.15) is 6.29 Å². The van der Waals surface area contributed by atoms with Crippen molar-refractivity contribution < 1.29 is 14.4 Å². The van der Waals surface area contributed by atoms with Gasteiger partial charge in [-0.1, -0.05) is 105 Å². The van der Waals surface area contributed by atoms with Gasteiger partial charge in [-0.15, -0.1) is 0 Å². The molecule has 0 atom stereocenters. The average Bonchev–Trinajstić information content (AvgIpc) is 2.97. The fourth-order valence-electron chi connectivity index (χ4n) is 4.54. The maximum Gasteiger partial charge on any atom is 0.189 e. The first-order chi connectivity index (χ1) is 18.9. The quantitative estimate of drug-likeness (QED) is 0.162. The van der Waals surface area contributed by atoms with Crippen molar-refractivity contribution in [1.29, 1.82) is 0 Å². The van der Waals surface area contributed by atoms with Gasteiger partial charge in [0.15, 0.2) is 11.6 Å². The molecule has 2 aliphatic rings. The Bertz CT molecular complexity index is 1490. The predicted octanol–water partition coefficient (Wildman–Crippen LogP) is 9.13. The van der Waals surface area contributed by atoms with Gasteiger partial charge < -0.3 is 0 Å². The summed E-state index contributed by atoms with van der Waals surface area (Å²) in [7, 11) is 0. The highest BCUT2D eigenvalue weighted by Crippen LogP contribution is 2.27. The van der Waals surface area contributed by atoms with Crippen molar-refractivity contribution in [3.63, 3.8) is 0 Å². The van der Waals surface area contributed by atoms with Crippen molar-refractivity contribution in [1.82, 2.24) is 0 Å². The van der Waals surface area contributed by atoms with Gasteiger partial charge in [-0.3, -0.25) is 14.4 Å². The number of allylic oxidation sites excluding steroid dienone is 1. The summed E-state index contributed by atoms with van der Waals surface area (Å²) >= 11 is 6.67. The van der Waals surface area contributed by atoms with Crippen molar-refractivity contribution in [2.75, 3.05) is 0 Å². The van der Waals surface area contributed by atoms with E-state index >= 15 is 0 Å². The molecule has 196 valence electrons. The average molecular weight is 644 g/mol. The van der Waals surface area contributed by atoms with Crippen LogP contribution in [0.25, 0.3) is 6.08 Å². The first-order valence-corrected chi connectivity index (χ1v) is 14.4. The van der Waals surface area contributed by atoms with Crippen molar-refractivity contribution in [3.8, 4) is 0 Å². The van der Waals surface area contributed by atoms with Crippen LogP contribution in [0.2, 0.25) is 0 Å². The molecule has 3 nitrogen and oxygen atoms in total. The van der Waals surface area contributed by atoms with E-state index in [2.05, 4.69) is 31.9 Å². The van der Waals surface area contributed by atoms with Crippen molar-refractivity contribution >= 4 is 55.8 Å². The molecule has 0 N–H and O–H groups in total. The number of hydrogen-bond acceptors (Lipinski definition) is 3. The standard InChI is InChI=1S/C17H13BrO.C10H10O.C7H5BrO/c18-15-9-5-12(6-10-15)11-14-8-7-13-3-1-2-4-16(13)17(14)19;11-10-7-3-5-8-4-1-2-6-9(8)10;8-7-3-1-6(5-9)2-4-7/h1-6,9-11H,7-8H2;1-2,4,6H,3,5,7H2;1-5H/b14-11+;;. The van der Waals surface area contributed by atoms with E-state index in [1.54, 1.807) is 12.1 Å². The molecule has 6 rings (SSSR count). The number of hydrogen-bond donors (Lipinski definition) is 0. The van der Waals surface area contributed by atoms with Crippen LogP contribution in [0, 0.1) is 0 Å². The molecule has 0 aliphatic heterocycles. The molecule has 0 amide bonds. The summed E-state index contributed by atoms with van der Waals surface area (Å²) in [6.45, 7) is 0. The van der Waals surface area contributed by atoms with E-state index in [0.717, 1.165) is 69.6 Å². The van der Waals surface area contributed by atoms with E-state index in [-0.39, 0.29) is 5.78 Å². The zero-order valence-electron chi connectivity index (χ0n) is 21.4. The minimum Gasteiger partial charge on any atom is -0.298 e. The highest BCUT2D eigenvalue weighted by atomic mass is 79.9. The SMILES string of the molecule is O=C1/C(=C/c2ccc(Br)cc2)CCc2ccccc21.O=C1CCCc2ccccc21.O=Cc1ccc(Br)cc1. The minimum absolute atomic E-state index is 0.171. The Hall–Kier alpha value is -3.41. The van der Waals surface area contributed by atoms with Crippen LogP contribution in [-0.2, 0) is 12.8 Å². The van der Waals surface area contributed by atoms with Gasteiger partial charge in [0.25, 0.3) is 0 Å². The molecule has 0 spiro atoms. The smallest absolute Gasteiger partial charge is 0.189 e. The summed E-state index contributed by atoms with van der Waals surface area (Å²) in [4.78, 5) is 33.8. The number of Topliss-reactive ketones (excluding diaryl/α,β-unsaturated/α-hetero) is 2. The van der Waals surface area contributed by atoms with Gasteiger partial charge in [-0.2, -0.15) is 0 Å². The molecule has 0 heterocycles. The summed E-state index contributed by atoms with van der Waals surface area (Å²) in [5, 5.41) is 0. The van der Waals surface area contributed by atoms with Crippen LogP contribution in [-0.4, -0.2) is 17.9 Å². The van der Waals surface area contributed by atoms with Crippen LogP contribution in [0.5, 0.6) is 0 Å². The molecule has 0 saturated carbocycles. The van der Waals surface area contributed by atoms with E-state index in [9.17, 15) is 14.4 Å². The van der Waals surface area contributed by atoms with Crippen molar-refractivity contribution in [2.45, 2.75) is 32.1 Å². The number of aldehydes is 1. The van der Waals surface area contributed by atoms with E-state index in [4.69, 9.17) is 0 Å². The molecule has 0 radical (unpaired) electrons. The molecule has 0 saturated heterocycles. The second-order valence-electron chi connectivity index (χ2n) is 9.31. The zero-order chi connectivity index (χ0) is 27.6. The molecule has 0 bridgehead atoms. The van der Waals surface area contributed by atoms with Gasteiger partial charge in [-0.05, 0) is 72.7 Å². The lowest BCUT2D eigenvalue weighted by Gasteiger charge is -2.17. The van der Waals surface area contributed by atoms with Crippen LogP contribution in [0.3, 0.4) is 0 Å². The molecule has 0 unspecified atom stereocenters. The normalized spacial score (nSPS) is 14.7. The van der Waals surface area contributed by atoms with Gasteiger partial charge in [0.2, 0.25) is 0 Å². The highest BCUT2D eigenvalue weighted by Gasteiger charge is 2.21. The second kappa shape index (κ2) is 14.1. The first-order valence-electron chi connectivity index (χ1n) is 12.8. The second-order valence-corrected chi connectivity index (χ2v) is 11.1. The van der Waals surface area contributed by atoms with Crippen LogP contribution in [0.1, 0.15) is 67.0 Å². The molecule has 4 aromatic rings. The lowest BCUT2D eigenvalue weighted by Crippen LogP contribution is -2.13. The van der Waals surface area contributed by atoms with Gasteiger partial charge in [0, 0.05) is 37.6 Å². The molecular formula is C34H28Br2O3. The number of carbonyl (C=O) groups excluding carboxylic acids is 3. The lowest BCUT2D eigenvalue weighted by molar-refractivity contribution is 0.0971. The van der Waals surface area contributed by atoms with Crippen LogP contribution in [0.15, 0.2) is 112 Å². The largest absolute Gasteiger partial charge is 0.298 e. The summed E-state index contributed by atoms with van der Waals surface area (Å²) < 4.78 is 2.04. The molecule has 4 aromatic carbocycles. The van der Waals surface area contributed by atoms with Crippen LogP contribution in [0.4, 0.5) is 0 Å². The molecule has 2 aliphatic carbocycles. The Kier molecular flexibility index (Phi) is 10.3. The molecule has 0 fully saturated rings. The molecule has 39 heavy (non-hydrogen) atoms. The Morgan fingerprint density at radius 3 is 1.69 bits per heavy atom. The number of rotatable bonds is 2.